The van der Waals surface area contributed by atoms with Gasteiger partial charge in [-0.1, -0.05) is 36.4 Å². The fraction of sp³-hybridized carbons (Fsp3) is 0.320. The molecule has 1 saturated heterocycles. The molecule has 0 amide bonds. The standard InChI is InChI=1S/C25H28N6O/c32-24-21-8-3-4-9-22(21)29-25(30-24)27-13-5-15-31-16-11-19(12-17-31)28-23-20-7-2-1-6-18(20)10-14-26-23/h1-4,6-10,14,19H,5,11-13,15-17H2,(H,26,28)(H2,27,29,30,32). The normalized spacial score (nSPS) is 15.2. The summed E-state index contributed by atoms with van der Waals surface area (Å²) in [5.74, 6) is 1.53. The molecule has 0 spiro atoms. The minimum absolute atomic E-state index is 0.197. The van der Waals surface area contributed by atoms with Crippen molar-refractivity contribution in [3.05, 3.63) is 71.1 Å². The first-order valence-corrected chi connectivity index (χ1v) is 11.3. The van der Waals surface area contributed by atoms with Crippen molar-refractivity contribution >= 4 is 33.4 Å². The maximum Gasteiger partial charge on any atom is 0.282 e. The zero-order chi connectivity index (χ0) is 21.8. The quantitative estimate of drug-likeness (QED) is 0.388. The molecule has 0 atom stereocenters. The second kappa shape index (κ2) is 9.36. The van der Waals surface area contributed by atoms with Crippen molar-refractivity contribution in [3.63, 3.8) is 0 Å². The molecule has 2 aromatic carbocycles. The zero-order valence-electron chi connectivity index (χ0n) is 18.1. The van der Waals surface area contributed by atoms with Crippen LogP contribution in [-0.2, 0) is 0 Å². The fourth-order valence-electron chi connectivity index (χ4n) is 4.42. The van der Waals surface area contributed by atoms with E-state index in [4.69, 9.17) is 0 Å². The number of nitrogens with zero attached hydrogens (tertiary/aromatic N) is 3. The van der Waals surface area contributed by atoms with Gasteiger partial charge in [-0.2, -0.15) is 4.98 Å². The molecule has 0 saturated carbocycles. The summed E-state index contributed by atoms with van der Waals surface area (Å²) in [6.45, 7) is 3.96. The number of hydrogen-bond donors (Lipinski definition) is 3. The van der Waals surface area contributed by atoms with Crippen LogP contribution >= 0.6 is 0 Å². The third-order valence-corrected chi connectivity index (χ3v) is 6.17. The maximum atomic E-state index is 12.1. The largest absolute Gasteiger partial charge is 0.367 e. The van der Waals surface area contributed by atoms with Crippen LogP contribution in [0.15, 0.2) is 65.6 Å². The molecule has 0 bridgehead atoms. The monoisotopic (exact) mass is 428 g/mol. The highest BCUT2D eigenvalue weighted by Gasteiger charge is 2.19. The van der Waals surface area contributed by atoms with E-state index in [1.807, 2.05) is 24.4 Å². The van der Waals surface area contributed by atoms with E-state index >= 15 is 0 Å². The number of fused-ring (bicyclic) bond motifs is 2. The van der Waals surface area contributed by atoms with Gasteiger partial charge in [0, 0.05) is 37.3 Å². The van der Waals surface area contributed by atoms with Gasteiger partial charge in [0.15, 0.2) is 0 Å². The van der Waals surface area contributed by atoms with E-state index in [2.05, 4.69) is 60.8 Å². The number of likely N-dealkylation sites (tertiary alicyclic amines) is 1. The van der Waals surface area contributed by atoms with Gasteiger partial charge in [0.05, 0.1) is 10.9 Å². The topological polar surface area (TPSA) is 85.9 Å². The van der Waals surface area contributed by atoms with Gasteiger partial charge >= 0.3 is 0 Å². The van der Waals surface area contributed by atoms with Crippen LogP contribution in [0.2, 0.25) is 0 Å². The smallest absolute Gasteiger partial charge is 0.282 e. The van der Waals surface area contributed by atoms with Crippen molar-refractivity contribution in [2.24, 2.45) is 0 Å². The Labute approximate surface area is 186 Å². The second-order valence-electron chi connectivity index (χ2n) is 8.36. The highest BCUT2D eigenvalue weighted by Crippen LogP contribution is 2.23. The molecule has 7 nitrogen and oxygen atoms in total. The van der Waals surface area contributed by atoms with Crippen LogP contribution in [0.5, 0.6) is 0 Å². The Hall–Kier alpha value is -3.45. The summed E-state index contributed by atoms with van der Waals surface area (Å²) in [7, 11) is 0. The molecule has 3 heterocycles. The van der Waals surface area contributed by atoms with Crippen molar-refractivity contribution in [1.29, 1.82) is 0 Å². The van der Waals surface area contributed by atoms with Gasteiger partial charge in [0.25, 0.3) is 5.56 Å². The molecule has 1 aliphatic heterocycles. The van der Waals surface area contributed by atoms with Crippen molar-refractivity contribution in [2.75, 3.05) is 36.8 Å². The van der Waals surface area contributed by atoms with Crippen LogP contribution in [-0.4, -0.2) is 52.1 Å². The van der Waals surface area contributed by atoms with E-state index in [0.717, 1.165) is 56.8 Å². The number of nitrogens with one attached hydrogen (secondary N) is 3. The lowest BCUT2D eigenvalue weighted by molar-refractivity contribution is 0.218. The third-order valence-electron chi connectivity index (χ3n) is 6.17. The molecular formula is C25H28N6O. The van der Waals surface area contributed by atoms with Gasteiger partial charge in [-0.05, 0) is 49.4 Å². The Morgan fingerprint density at radius 1 is 1.00 bits per heavy atom. The van der Waals surface area contributed by atoms with Crippen molar-refractivity contribution in [1.82, 2.24) is 19.9 Å². The third kappa shape index (κ3) is 4.57. The molecular weight excluding hydrogens is 400 g/mol. The number of H-pyrrole nitrogens is 1. The molecule has 0 radical (unpaired) electrons. The summed E-state index contributed by atoms with van der Waals surface area (Å²) >= 11 is 0. The summed E-state index contributed by atoms with van der Waals surface area (Å²) in [6.07, 6.45) is 5.10. The van der Waals surface area contributed by atoms with Gasteiger partial charge in [0.1, 0.15) is 5.82 Å². The first-order chi connectivity index (χ1) is 15.8. The summed E-state index contributed by atoms with van der Waals surface area (Å²) in [5.41, 5.74) is 0.613. The van der Waals surface area contributed by atoms with Gasteiger partial charge in [0.2, 0.25) is 5.95 Å². The van der Waals surface area contributed by atoms with Crippen LogP contribution in [0.3, 0.4) is 0 Å². The van der Waals surface area contributed by atoms with Crippen LogP contribution < -0.4 is 16.2 Å². The molecule has 1 fully saturated rings. The van der Waals surface area contributed by atoms with E-state index in [9.17, 15) is 4.79 Å². The van der Waals surface area contributed by atoms with Gasteiger partial charge in [-0.3, -0.25) is 4.79 Å². The number of pyridine rings is 1. The van der Waals surface area contributed by atoms with Crippen LogP contribution in [0, 0.1) is 0 Å². The lowest BCUT2D eigenvalue weighted by Crippen LogP contribution is -2.40. The molecule has 0 aliphatic carbocycles. The lowest BCUT2D eigenvalue weighted by atomic mass is 10.0. The Kier molecular flexibility index (Phi) is 5.98. The molecule has 4 aromatic rings. The SMILES string of the molecule is O=c1nc(NCCCN2CCC(Nc3nccc4ccccc34)CC2)[nH]c2ccccc12. The molecule has 5 rings (SSSR count). The Morgan fingerprint density at radius 3 is 2.66 bits per heavy atom. The number of rotatable bonds is 7. The highest BCUT2D eigenvalue weighted by atomic mass is 16.1. The second-order valence-corrected chi connectivity index (χ2v) is 8.36. The minimum Gasteiger partial charge on any atom is -0.367 e. The molecule has 1 aliphatic rings. The first-order valence-electron chi connectivity index (χ1n) is 11.3. The first kappa shape index (κ1) is 20.5. The molecule has 7 heteroatoms. The van der Waals surface area contributed by atoms with Gasteiger partial charge in [-0.15, -0.1) is 0 Å². The summed E-state index contributed by atoms with van der Waals surface area (Å²) < 4.78 is 0. The molecule has 3 N–H and O–H groups in total. The average Bonchev–Trinajstić information content (AvgIpc) is 2.83. The number of para-hydroxylation sites is 1. The predicted octanol–water partition coefficient (Wildman–Crippen LogP) is 3.85. The van der Waals surface area contributed by atoms with Gasteiger partial charge < -0.3 is 20.5 Å². The maximum absolute atomic E-state index is 12.1. The molecule has 32 heavy (non-hydrogen) atoms. The Bertz CT molecular complexity index is 1260. The molecule has 0 unspecified atom stereocenters. The number of piperidine rings is 1. The van der Waals surface area contributed by atoms with E-state index in [1.165, 1.54) is 10.8 Å². The van der Waals surface area contributed by atoms with Crippen LogP contribution in [0.25, 0.3) is 21.7 Å². The summed E-state index contributed by atoms with van der Waals surface area (Å²) in [4.78, 5) is 26.5. The Morgan fingerprint density at radius 2 is 1.78 bits per heavy atom. The molecule has 2 aromatic heterocycles. The number of aromatic amines is 1. The average molecular weight is 429 g/mol. The molecule has 164 valence electrons. The van der Waals surface area contributed by atoms with Crippen molar-refractivity contribution in [3.8, 4) is 0 Å². The van der Waals surface area contributed by atoms with Crippen LogP contribution in [0.1, 0.15) is 19.3 Å². The van der Waals surface area contributed by atoms with Crippen molar-refractivity contribution in [2.45, 2.75) is 25.3 Å². The number of aromatic nitrogens is 3. The number of anilines is 2. The lowest BCUT2D eigenvalue weighted by Gasteiger charge is -2.32. The number of benzene rings is 2. The summed E-state index contributed by atoms with van der Waals surface area (Å²) in [6, 6.07) is 18.3. The Balaban J connectivity index is 1.08. The van der Waals surface area contributed by atoms with E-state index in [0.29, 0.717) is 17.4 Å². The predicted molar refractivity (Wildman–Crippen MR) is 130 cm³/mol. The number of hydrogen-bond acceptors (Lipinski definition) is 6. The fourth-order valence-corrected chi connectivity index (χ4v) is 4.42. The summed E-state index contributed by atoms with van der Waals surface area (Å²) in [5, 5.41) is 9.95. The minimum atomic E-state index is -0.197. The van der Waals surface area contributed by atoms with Crippen LogP contribution in [0.4, 0.5) is 11.8 Å². The van der Waals surface area contributed by atoms with E-state index in [1.54, 1.807) is 6.07 Å². The zero-order valence-corrected chi connectivity index (χ0v) is 18.1. The van der Waals surface area contributed by atoms with Crippen molar-refractivity contribution < 1.29 is 0 Å². The van der Waals surface area contributed by atoms with E-state index in [-0.39, 0.29) is 5.56 Å². The van der Waals surface area contributed by atoms with E-state index < -0.39 is 0 Å². The highest BCUT2D eigenvalue weighted by molar-refractivity contribution is 5.91. The van der Waals surface area contributed by atoms with Gasteiger partial charge in [-0.25, -0.2) is 4.98 Å².